The van der Waals surface area contributed by atoms with Crippen LogP contribution in [0.2, 0.25) is 0 Å². The lowest BCUT2D eigenvalue weighted by atomic mass is 9.92. The van der Waals surface area contributed by atoms with Crippen LogP contribution in [0.3, 0.4) is 0 Å². The molecule has 0 spiro atoms. The molecule has 3 rings (SSSR count). The highest BCUT2D eigenvalue weighted by Gasteiger charge is 2.18. The summed E-state index contributed by atoms with van der Waals surface area (Å²) in [5, 5.41) is 0. The highest BCUT2D eigenvalue weighted by Crippen LogP contribution is 2.28. The Bertz CT molecular complexity index is 557. The zero-order valence-corrected chi connectivity index (χ0v) is 10.8. The van der Waals surface area contributed by atoms with E-state index in [9.17, 15) is 0 Å². The molecule has 3 heteroatoms. The van der Waals surface area contributed by atoms with Gasteiger partial charge in [0.1, 0.15) is 0 Å². The van der Waals surface area contributed by atoms with Crippen LogP contribution < -0.4 is 5.73 Å². The number of aryl methyl sites for hydroxylation is 2. The minimum Gasteiger partial charge on any atom is -0.348 e. The number of fused-ring (bicyclic) bond motifs is 1. The van der Waals surface area contributed by atoms with Crippen molar-refractivity contribution >= 4 is 0 Å². The van der Waals surface area contributed by atoms with Crippen molar-refractivity contribution in [1.29, 1.82) is 0 Å². The van der Waals surface area contributed by atoms with Gasteiger partial charge in [0, 0.05) is 24.1 Å². The van der Waals surface area contributed by atoms with Crippen LogP contribution in [0.15, 0.2) is 30.6 Å². The average Bonchev–Trinajstić information content (AvgIpc) is 2.73. The Hall–Kier alpha value is -1.61. The fourth-order valence-corrected chi connectivity index (χ4v) is 2.75. The SMILES string of the molecule is Cc1cccc(Cn2cc3c(c2)C(N)CCC3)n1. The zero-order chi connectivity index (χ0) is 12.5. The van der Waals surface area contributed by atoms with Crippen molar-refractivity contribution in [1.82, 2.24) is 9.55 Å². The molecule has 0 radical (unpaired) electrons. The number of hydrogen-bond donors (Lipinski definition) is 1. The van der Waals surface area contributed by atoms with Crippen molar-refractivity contribution in [2.45, 2.75) is 38.8 Å². The molecule has 0 amide bonds. The van der Waals surface area contributed by atoms with Gasteiger partial charge in [0.05, 0.1) is 12.2 Å². The van der Waals surface area contributed by atoms with Crippen molar-refractivity contribution in [3.05, 3.63) is 53.1 Å². The van der Waals surface area contributed by atoms with Crippen LogP contribution in [0.5, 0.6) is 0 Å². The van der Waals surface area contributed by atoms with Crippen LogP contribution in [0.4, 0.5) is 0 Å². The monoisotopic (exact) mass is 241 g/mol. The molecule has 2 aromatic rings. The summed E-state index contributed by atoms with van der Waals surface area (Å²) in [5.74, 6) is 0. The molecule has 1 aliphatic carbocycles. The number of aromatic nitrogens is 2. The summed E-state index contributed by atoms with van der Waals surface area (Å²) in [6.07, 6.45) is 7.92. The molecule has 1 unspecified atom stereocenters. The summed E-state index contributed by atoms with van der Waals surface area (Å²) in [6.45, 7) is 2.86. The average molecular weight is 241 g/mol. The van der Waals surface area contributed by atoms with Gasteiger partial charge in [-0.2, -0.15) is 0 Å². The molecule has 94 valence electrons. The number of rotatable bonds is 2. The molecule has 2 N–H and O–H groups in total. The maximum atomic E-state index is 6.15. The lowest BCUT2D eigenvalue weighted by Gasteiger charge is -2.17. The summed E-state index contributed by atoms with van der Waals surface area (Å²) in [5.41, 5.74) is 11.1. The third-order valence-corrected chi connectivity index (χ3v) is 3.65. The van der Waals surface area contributed by atoms with Gasteiger partial charge in [-0.25, -0.2) is 0 Å². The van der Waals surface area contributed by atoms with Gasteiger partial charge >= 0.3 is 0 Å². The first-order valence-corrected chi connectivity index (χ1v) is 6.59. The topological polar surface area (TPSA) is 43.8 Å². The van der Waals surface area contributed by atoms with Gasteiger partial charge in [-0.05, 0) is 49.4 Å². The quantitative estimate of drug-likeness (QED) is 0.878. The fraction of sp³-hybridized carbons (Fsp3) is 0.400. The van der Waals surface area contributed by atoms with Gasteiger partial charge < -0.3 is 10.3 Å². The number of pyridine rings is 1. The molecular formula is C15H19N3. The van der Waals surface area contributed by atoms with Crippen LogP contribution in [0.25, 0.3) is 0 Å². The first-order valence-electron chi connectivity index (χ1n) is 6.59. The van der Waals surface area contributed by atoms with Crippen LogP contribution in [0, 0.1) is 6.92 Å². The Morgan fingerprint density at radius 1 is 1.39 bits per heavy atom. The van der Waals surface area contributed by atoms with Gasteiger partial charge in [0.15, 0.2) is 0 Å². The van der Waals surface area contributed by atoms with Gasteiger partial charge in [0.25, 0.3) is 0 Å². The van der Waals surface area contributed by atoms with Gasteiger partial charge in [-0.3, -0.25) is 4.98 Å². The Morgan fingerprint density at radius 2 is 2.28 bits per heavy atom. The minimum atomic E-state index is 0.223. The summed E-state index contributed by atoms with van der Waals surface area (Å²) in [6, 6.07) is 6.39. The molecule has 2 aromatic heterocycles. The molecule has 0 aliphatic heterocycles. The van der Waals surface area contributed by atoms with Crippen molar-refractivity contribution in [2.24, 2.45) is 5.73 Å². The summed E-state index contributed by atoms with van der Waals surface area (Å²) in [4.78, 5) is 4.54. The fourth-order valence-electron chi connectivity index (χ4n) is 2.75. The third-order valence-electron chi connectivity index (χ3n) is 3.65. The van der Waals surface area contributed by atoms with E-state index in [4.69, 9.17) is 5.73 Å². The summed E-state index contributed by atoms with van der Waals surface area (Å²) >= 11 is 0. The minimum absolute atomic E-state index is 0.223. The second-order valence-electron chi connectivity index (χ2n) is 5.18. The van der Waals surface area contributed by atoms with Crippen LogP contribution >= 0.6 is 0 Å². The molecule has 0 saturated heterocycles. The molecule has 1 atom stereocenters. The highest BCUT2D eigenvalue weighted by molar-refractivity contribution is 5.30. The number of hydrogen-bond acceptors (Lipinski definition) is 2. The third kappa shape index (κ3) is 2.18. The predicted molar refractivity (Wildman–Crippen MR) is 72.4 cm³/mol. The van der Waals surface area contributed by atoms with E-state index in [0.29, 0.717) is 0 Å². The Balaban J connectivity index is 1.85. The first-order chi connectivity index (χ1) is 8.72. The Morgan fingerprint density at radius 3 is 3.06 bits per heavy atom. The van der Waals surface area contributed by atoms with Crippen LogP contribution in [-0.2, 0) is 13.0 Å². The molecule has 0 saturated carbocycles. The van der Waals surface area contributed by atoms with Crippen LogP contribution in [-0.4, -0.2) is 9.55 Å². The highest BCUT2D eigenvalue weighted by atomic mass is 15.0. The van der Waals surface area contributed by atoms with Crippen molar-refractivity contribution in [3.63, 3.8) is 0 Å². The molecular weight excluding hydrogens is 222 g/mol. The van der Waals surface area contributed by atoms with E-state index in [-0.39, 0.29) is 6.04 Å². The molecule has 3 nitrogen and oxygen atoms in total. The Labute approximate surface area is 108 Å². The van der Waals surface area contributed by atoms with E-state index >= 15 is 0 Å². The second-order valence-corrected chi connectivity index (χ2v) is 5.18. The van der Waals surface area contributed by atoms with E-state index in [1.54, 1.807) is 0 Å². The number of nitrogens with zero attached hydrogens (tertiary/aromatic N) is 2. The van der Waals surface area contributed by atoms with Gasteiger partial charge in [0.2, 0.25) is 0 Å². The molecule has 18 heavy (non-hydrogen) atoms. The predicted octanol–water partition coefficient (Wildman–Crippen LogP) is 2.58. The summed E-state index contributed by atoms with van der Waals surface area (Å²) < 4.78 is 2.22. The van der Waals surface area contributed by atoms with Gasteiger partial charge in [-0.15, -0.1) is 0 Å². The zero-order valence-electron chi connectivity index (χ0n) is 10.8. The maximum Gasteiger partial charge on any atom is 0.0643 e. The van der Waals surface area contributed by atoms with Gasteiger partial charge in [-0.1, -0.05) is 6.07 Å². The molecule has 0 aromatic carbocycles. The van der Waals surface area contributed by atoms with Crippen molar-refractivity contribution < 1.29 is 0 Å². The van der Waals surface area contributed by atoms with Crippen molar-refractivity contribution in [2.75, 3.05) is 0 Å². The van der Waals surface area contributed by atoms with Crippen molar-refractivity contribution in [3.8, 4) is 0 Å². The van der Waals surface area contributed by atoms with E-state index in [1.807, 2.05) is 13.0 Å². The molecule has 1 aliphatic rings. The molecule has 0 fully saturated rings. The lowest BCUT2D eigenvalue weighted by Crippen LogP contribution is -2.15. The van der Waals surface area contributed by atoms with E-state index in [1.165, 1.54) is 17.5 Å². The maximum absolute atomic E-state index is 6.15. The number of nitrogens with two attached hydrogens (primary N) is 1. The van der Waals surface area contributed by atoms with E-state index in [0.717, 1.165) is 30.8 Å². The lowest BCUT2D eigenvalue weighted by molar-refractivity contribution is 0.573. The Kier molecular flexibility index (Phi) is 2.92. The summed E-state index contributed by atoms with van der Waals surface area (Å²) in [7, 11) is 0. The molecule has 0 bridgehead atoms. The largest absolute Gasteiger partial charge is 0.348 e. The standard InChI is InChI=1S/C15H19N3/c1-11-4-2-6-13(17-11)9-18-8-12-5-3-7-15(16)14(12)10-18/h2,4,6,8,10,15H,3,5,7,9,16H2,1H3. The van der Waals surface area contributed by atoms with Crippen LogP contribution in [0.1, 0.15) is 41.4 Å². The second kappa shape index (κ2) is 4.58. The van der Waals surface area contributed by atoms with E-state index < -0.39 is 0 Å². The first kappa shape index (κ1) is 11.5. The molecule has 2 heterocycles. The van der Waals surface area contributed by atoms with E-state index in [2.05, 4.69) is 34.1 Å². The smallest absolute Gasteiger partial charge is 0.0643 e. The normalized spacial score (nSPS) is 18.7.